The number of aliphatic carboxylic acids is 1. The molecule has 1 aromatic heterocycles. The summed E-state index contributed by atoms with van der Waals surface area (Å²) in [4.78, 5) is 14.9. The van der Waals surface area contributed by atoms with Crippen LogP contribution in [0.3, 0.4) is 0 Å². The molecule has 2 heterocycles. The fourth-order valence-corrected chi connectivity index (χ4v) is 2.10. The Hall–Kier alpha value is -1.32. The first kappa shape index (κ1) is 10.2. The van der Waals surface area contributed by atoms with Crippen LogP contribution in [-0.4, -0.2) is 20.6 Å². The average Bonchev–Trinajstić information content (AvgIpc) is 2.59. The number of nitrogens with zero attached hydrogens (tertiary/aromatic N) is 2. The number of rotatable bonds is 3. The zero-order valence-electron chi connectivity index (χ0n) is 8.94. The first-order valence-corrected chi connectivity index (χ1v) is 5.45. The van der Waals surface area contributed by atoms with Gasteiger partial charge in [-0.3, -0.25) is 4.79 Å². The van der Waals surface area contributed by atoms with E-state index in [0.29, 0.717) is 12.5 Å². The Kier molecular flexibility index (Phi) is 2.75. The Bertz CT molecular complexity index is 371. The lowest BCUT2D eigenvalue weighted by Crippen LogP contribution is -2.14. The van der Waals surface area contributed by atoms with Crippen molar-refractivity contribution in [3.05, 3.63) is 17.7 Å². The van der Waals surface area contributed by atoms with Gasteiger partial charge >= 0.3 is 5.97 Å². The minimum Gasteiger partial charge on any atom is -0.481 e. The zero-order chi connectivity index (χ0) is 10.8. The Morgan fingerprint density at radius 3 is 3.20 bits per heavy atom. The second kappa shape index (κ2) is 4.04. The van der Waals surface area contributed by atoms with Gasteiger partial charge in [0.05, 0.1) is 12.1 Å². The summed E-state index contributed by atoms with van der Waals surface area (Å²) in [6.07, 6.45) is 6.14. The number of hydrogen-bond acceptors (Lipinski definition) is 2. The van der Waals surface area contributed by atoms with Crippen molar-refractivity contribution in [1.29, 1.82) is 0 Å². The minimum atomic E-state index is -0.756. The second-order valence-electron chi connectivity index (χ2n) is 4.19. The number of aromatic nitrogens is 2. The van der Waals surface area contributed by atoms with Crippen LogP contribution in [0.15, 0.2) is 6.20 Å². The first-order valence-electron chi connectivity index (χ1n) is 5.45. The molecule has 0 aliphatic carbocycles. The van der Waals surface area contributed by atoms with Crippen LogP contribution in [0, 0.1) is 0 Å². The van der Waals surface area contributed by atoms with Crippen molar-refractivity contribution < 1.29 is 9.90 Å². The number of carboxylic acid groups (broad SMARTS) is 1. The van der Waals surface area contributed by atoms with E-state index in [0.717, 1.165) is 17.9 Å². The van der Waals surface area contributed by atoms with Crippen molar-refractivity contribution in [1.82, 2.24) is 9.55 Å². The summed E-state index contributed by atoms with van der Waals surface area (Å²) >= 11 is 0. The molecule has 1 aliphatic rings. The topological polar surface area (TPSA) is 55.1 Å². The molecule has 1 unspecified atom stereocenters. The van der Waals surface area contributed by atoms with Gasteiger partial charge in [0.25, 0.3) is 0 Å². The molecule has 0 radical (unpaired) electrons. The maximum absolute atomic E-state index is 10.4. The van der Waals surface area contributed by atoms with E-state index in [9.17, 15) is 4.79 Å². The number of carboxylic acids is 1. The van der Waals surface area contributed by atoms with Crippen LogP contribution in [0.2, 0.25) is 0 Å². The predicted molar refractivity (Wildman–Crippen MR) is 55.8 cm³/mol. The molecule has 15 heavy (non-hydrogen) atoms. The van der Waals surface area contributed by atoms with Crippen molar-refractivity contribution in [3.63, 3.8) is 0 Å². The third-order valence-electron chi connectivity index (χ3n) is 2.95. The maximum atomic E-state index is 10.4. The summed E-state index contributed by atoms with van der Waals surface area (Å²) in [5.74, 6) is 0.364. The predicted octanol–water partition coefficient (Wildman–Crippen LogP) is 1.80. The second-order valence-corrected chi connectivity index (χ2v) is 4.19. The zero-order valence-corrected chi connectivity index (χ0v) is 8.94. The van der Waals surface area contributed by atoms with E-state index in [4.69, 9.17) is 5.11 Å². The Morgan fingerprint density at radius 1 is 1.73 bits per heavy atom. The van der Waals surface area contributed by atoms with Gasteiger partial charge in [0.2, 0.25) is 0 Å². The van der Waals surface area contributed by atoms with Crippen LogP contribution in [0.25, 0.3) is 0 Å². The largest absolute Gasteiger partial charge is 0.481 e. The molecular formula is C11H16N2O2. The van der Waals surface area contributed by atoms with Crippen molar-refractivity contribution in [3.8, 4) is 0 Å². The van der Waals surface area contributed by atoms with E-state index in [1.54, 1.807) is 0 Å². The molecule has 4 nitrogen and oxygen atoms in total. The molecule has 0 saturated heterocycles. The van der Waals surface area contributed by atoms with E-state index < -0.39 is 5.97 Å². The highest BCUT2D eigenvalue weighted by atomic mass is 16.4. The highest BCUT2D eigenvalue weighted by Gasteiger charge is 2.17. The summed E-state index contributed by atoms with van der Waals surface area (Å²) in [5, 5.41) is 8.60. The molecule has 0 saturated carbocycles. The third-order valence-corrected chi connectivity index (χ3v) is 2.95. The monoisotopic (exact) mass is 208 g/mol. The molecule has 1 aromatic rings. The SMILES string of the molecule is CC1CCCc2nc(CCC(=O)O)cn21. The van der Waals surface area contributed by atoms with Crippen molar-refractivity contribution >= 4 is 5.97 Å². The first-order chi connectivity index (χ1) is 7.16. The van der Waals surface area contributed by atoms with E-state index in [1.807, 2.05) is 6.20 Å². The molecule has 1 atom stereocenters. The van der Waals surface area contributed by atoms with E-state index >= 15 is 0 Å². The van der Waals surface area contributed by atoms with Crippen molar-refractivity contribution in [2.45, 2.75) is 45.1 Å². The van der Waals surface area contributed by atoms with Gasteiger partial charge in [0, 0.05) is 25.1 Å². The number of hydrogen-bond donors (Lipinski definition) is 1. The van der Waals surface area contributed by atoms with Gasteiger partial charge in [-0.15, -0.1) is 0 Å². The van der Waals surface area contributed by atoms with Crippen LogP contribution >= 0.6 is 0 Å². The van der Waals surface area contributed by atoms with Gasteiger partial charge in [0.1, 0.15) is 5.82 Å². The summed E-state index contributed by atoms with van der Waals surface area (Å²) in [7, 11) is 0. The maximum Gasteiger partial charge on any atom is 0.303 e. The van der Waals surface area contributed by atoms with Gasteiger partial charge in [0.15, 0.2) is 0 Å². The summed E-state index contributed by atoms with van der Waals surface area (Å²) in [6, 6.07) is 0.514. The van der Waals surface area contributed by atoms with E-state index in [1.165, 1.54) is 12.8 Å². The highest BCUT2D eigenvalue weighted by molar-refractivity contribution is 5.66. The van der Waals surface area contributed by atoms with Crippen LogP contribution in [0.5, 0.6) is 0 Å². The van der Waals surface area contributed by atoms with Crippen molar-refractivity contribution in [2.24, 2.45) is 0 Å². The lowest BCUT2D eigenvalue weighted by atomic mass is 10.1. The Morgan fingerprint density at radius 2 is 2.53 bits per heavy atom. The third kappa shape index (κ3) is 2.19. The van der Waals surface area contributed by atoms with Crippen LogP contribution in [-0.2, 0) is 17.6 Å². The molecule has 0 amide bonds. The molecule has 0 fully saturated rings. The molecule has 1 N–H and O–H groups in total. The van der Waals surface area contributed by atoms with Gasteiger partial charge in [-0.25, -0.2) is 4.98 Å². The number of carbonyl (C=O) groups is 1. The Balaban J connectivity index is 2.11. The fraction of sp³-hybridized carbons (Fsp3) is 0.636. The number of fused-ring (bicyclic) bond motifs is 1. The molecule has 82 valence electrons. The van der Waals surface area contributed by atoms with Crippen LogP contribution in [0.1, 0.15) is 43.7 Å². The summed E-state index contributed by atoms with van der Waals surface area (Å²) < 4.78 is 2.20. The molecule has 0 aromatic carbocycles. The number of imidazole rings is 1. The van der Waals surface area contributed by atoms with E-state index in [-0.39, 0.29) is 6.42 Å². The number of aryl methyl sites for hydroxylation is 2. The van der Waals surface area contributed by atoms with Gasteiger partial charge in [-0.2, -0.15) is 0 Å². The molecule has 2 rings (SSSR count). The summed E-state index contributed by atoms with van der Waals surface area (Å²) in [5.41, 5.74) is 0.918. The normalized spacial score (nSPS) is 19.9. The van der Waals surface area contributed by atoms with Crippen molar-refractivity contribution in [2.75, 3.05) is 0 Å². The molecule has 4 heteroatoms. The van der Waals surface area contributed by atoms with Gasteiger partial charge in [-0.1, -0.05) is 0 Å². The fourth-order valence-electron chi connectivity index (χ4n) is 2.10. The lowest BCUT2D eigenvalue weighted by Gasteiger charge is -2.20. The van der Waals surface area contributed by atoms with Crippen LogP contribution in [0.4, 0.5) is 0 Å². The molecule has 0 spiro atoms. The van der Waals surface area contributed by atoms with Crippen LogP contribution < -0.4 is 0 Å². The Labute approximate surface area is 88.9 Å². The van der Waals surface area contributed by atoms with Gasteiger partial charge in [-0.05, 0) is 19.8 Å². The quantitative estimate of drug-likeness (QED) is 0.824. The van der Waals surface area contributed by atoms with Gasteiger partial charge < -0.3 is 9.67 Å². The molecular weight excluding hydrogens is 192 g/mol. The molecule has 0 bridgehead atoms. The lowest BCUT2D eigenvalue weighted by molar-refractivity contribution is -0.136. The summed E-state index contributed by atoms with van der Waals surface area (Å²) in [6.45, 7) is 2.19. The average molecular weight is 208 g/mol. The molecule has 1 aliphatic heterocycles. The van der Waals surface area contributed by atoms with E-state index in [2.05, 4.69) is 16.5 Å². The minimum absolute atomic E-state index is 0.171. The standard InChI is InChI=1S/C11H16N2O2/c1-8-3-2-4-10-12-9(7-13(8)10)5-6-11(14)15/h7-8H,2-6H2,1H3,(H,14,15). The highest BCUT2D eigenvalue weighted by Crippen LogP contribution is 2.24. The smallest absolute Gasteiger partial charge is 0.303 e.